The Balaban J connectivity index is 2.36. The molecule has 5 heteroatoms. The Labute approximate surface area is 122 Å². The van der Waals surface area contributed by atoms with Crippen molar-refractivity contribution in [3.05, 3.63) is 65.0 Å². The molecule has 1 aromatic carbocycles. The van der Waals surface area contributed by atoms with Gasteiger partial charge < -0.3 is 15.5 Å². The monoisotopic (exact) mass is 289 g/mol. The van der Waals surface area contributed by atoms with Crippen LogP contribution in [0.2, 0.25) is 5.02 Å². The molecule has 0 radical (unpaired) electrons. The molecule has 0 atom stereocenters. The van der Waals surface area contributed by atoms with Gasteiger partial charge in [-0.25, -0.2) is 0 Å². The lowest BCUT2D eigenvalue weighted by Crippen LogP contribution is -2.08. The number of aromatic amines is 1. The maximum absolute atomic E-state index is 9.12. The molecule has 4 nitrogen and oxygen atoms in total. The summed E-state index contributed by atoms with van der Waals surface area (Å²) in [5.41, 5.74) is 6.80. The van der Waals surface area contributed by atoms with E-state index in [0.717, 1.165) is 22.4 Å². The second kappa shape index (κ2) is 6.41. The van der Waals surface area contributed by atoms with Gasteiger partial charge in [-0.3, -0.25) is 0 Å². The van der Waals surface area contributed by atoms with E-state index in [1.54, 1.807) is 13.2 Å². The van der Waals surface area contributed by atoms with E-state index in [-0.39, 0.29) is 6.61 Å². The molecule has 1 aromatic heterocycles. The quantitative estimate of drug-likeness (QED) is 0.585. The lowest BCUT2D eigenvalue weighted by molar-refractivity contribution is 0.277. The van der Waals surface area contributed by atoms with Crippen molar-refractivity contribution in [3.63, 3.8) is 0 Å². The van der Waals surface area contributed by atoms with Crippen LogP contribution in [0.1, 0.15) is 16.8 Å². The Morgan fingerprint density at radius 3 is 2.60 bits per heavy atom. The number of hydrazone groups is 1. The van der Waals surface area contributed by atoms with E-state index in [1.165, 1.54) is 0 Å². The minimum Gasteiger partial charge on any atom is -0.390 e. The van der Waals surface area contributed by atoms with Crippen LogP contribution in [0.4, 0.5) is 0 Å². The van der Waals surface area contributed by atoms with Crippen molar-refractivity contribution in [3.8, 4) is 0 Å². The lowest BCUT2D eigenvalue weighted by Gasteiger charge is -2.09. The molecule has 0 saturated carbocycles. The molecule has 1 heterocycles. The fourth-order valence-corrected chi connectivity index (χ4v) is 2.00. The van der Waals surface area contributed by atoms with E-state index < -0.39 is 0 Å². The second-order valence-electron chi connectivity index (χ2n) is 4.24. The number of nitrogens with one attached hydrogen (secondary N) is 2. The van der Waals surface area contributed by atoms with Crippen LogP contribution < -0.4 is 5.43 Å². The number of halogens is 1. The smallest absolute Gasteiger partial charge is 0.0988 e. The zero-order chi connectivity index (χ0) is 14.5. The van der Waals surface area contributed by atoms with Gasteiger partial charge >= 0.3 is 0 Å². The van der Waals surface area contributed by atoms with E-state index in [2.05, 4.69) is 22.1 Å². The SMILES string of the molecule is C=C(/C(=N\NC)c1c[nH]c(CO)c1)c1ccc(Cl)cc1. The molecule has 0 fully saturated rings. The molecule has 0 aliphatic carbocycles. The number of benzene rings is 1. The first-order chi connectivity index (χ1) is 9.65. The molecule has 0 spiro atoms. The Bertz CT molecular complexity index is 629. The van der Waals surface area contributed by atoms with Gasteiger partial charge in [0, 0.05) is 35.1 Å². The van der Waals surface area contributed by atoms with Crippen molar-refractivity contribution in [1.29, 1.82) is 0 Å². The predicted molar refractivity (Wildman–Crippen MR) is 82.8 cm³/mol. The van der Waals surface area contributed by atoms with Crippen molar-refractivity contribution < 1.29 is 5.11 Å². The number of hydrogen-bond donors (Lipinski definition) is 3. The van der Waals surface area contributed by atoms with Crippen molar-refractivity contribution in [2.75, 3.05) is 7.05 Å². The summed E-state index contributed by atoms with van der Waals surface area (Å²) in [6, 6.07) is 9.27. The van der Waals surface area contributed by atoms with Crippen molar-refractivity contribution >= 4 is 22.9 Å². The molecule has 104 valence electrons. The van der Waals surface area contributed by atoms with E-state index in [0.29, 0.717) is 10.7 Å². The summed E-state index contributed by atoms with van der Waals surface area (Å²) in [5, 5.41) is 14.1. The Morgan fingerprint density at radius 1 is 1.35 bits per heavy atom. The number of aromatic nitrogens is 1. The summed E-state index contributed by atoms with van der Waals surface area (Å²) in [7, 11) is 1.73. The number of hydrogen-bond acceptors (Lipinski definition) is 3. The zero-order valence-electron chi connectivity index (χ0n) is 11.2. The third-order valence-corrected chi connectivity index (χ3v) is 3.14. The topological polar surface area (TPSA) is 60.4 Å². The molecule has 0 bridgehead atoms. The van der Waals surface area contributed by atoms with Gasteiger partial charge in [0.1, 0.15) is 0 Å². The highest BCUT2D eigenvalue weighted by molar-refractivity contribution is 6.32. The van der Waals surface area contributed by atoms with Gasteiger partial charge in [0.25, 0.3) is 0 Å². The van der Waals surface area contributed by atoms with Gasteiger partial charge in [0.2, 0.25) is 0 Å². The Kier molecular flexibility index (Phi) is 4.61. The molecular formula is C15H16ClN3O. The van der Waals surface area contributed by atoms with Crippen LogP contribution in [0.25, 0.3) is 5.57 Å². The summed E-state index contributed by atoms with van der Waals surface area (Å²) in [5.74, 6) is 0. The van der Waals surface area contributed by atoms with Gasteiger partial charge in [-0.2, -0.15) is 5.10 Å². The highest BCUT2D eigenvalue weighted by atomic mass is 35.5. The number of aliphatic hydroxyl groups is 1. The summed E-state index contributed by atoms with van der Waals surface area (Å²) in [4.78, 5) is 2.99. The maximum Gasteiger partial charge on any atom is 0.0988 e. The second-order valence-corrected chi connectivity index (χ2v) is 4.68. The van der Waals surface area contributed by atoms with Crippen LogP contribution in [0, 0.1) is 0 Å². The average molecular weight is 290 g/mol. The van der Waals surface area contributed by atoms with Gasteiger partial charge in [0.15, 0.2) is 0 Å². The Morgan fingerprint density at radius 2 is 2.05 bits per heavy atom. The van der Waals surface area contributed by atoms with Crippen molar-refractivity contribution in [2.45, 2.75) is 6.61 Å². The summed E-state index contributed by atoms with van der Waals surface area (Å²) in [6.45, 7) is 4.05. The number of rotatable bonds is 5. The summed E-state index contributed by atoms with van der Waals surface area (Å²) >= 11 is 5.89. The van der Waals surface area contributed by atoms with Gasteiger partial charge in [-0.1, -0.05) is 30.3 Å². The minimum absolute atomic E-state index is 0.0414. The molecule has 20 heavy (non-hydrogen) atoms. The van der Waals surface area contributed by atoms with E-state index in [9.17, 15) is 0 Å². The molecule has 0 saturated heterocycles. The third kappa shape index (κ3) is 3.10. The van der Waals surface area contributed by atoms with E-state index in [4.69, 9.17) is 16.7 Å². The minimum atomic E-state index is -0.0414. The number of H-pyrrole nitrogens is 1. The van der Waals surface area contributed by atoms with Crippen LogP contribution in [0.5, 0.6) is 0 Å². The molecule has 2 aromatic rings. The molecule has 0 unspecified atom stereocenters. The molecule has 0 amide bonds. The van der Waals surface area contributed by atoms with Crippen LogP contribution in [0.3, 0.4) is 0 Å². The van der Waals surface area contributed by atoms with Crippen LogP contribution in [-0.2, 0) is 6.61 Å². The van der Waals surface area contributed by atoms with Crippen LogP contribution in [0.15, 0.2) is 48.2 Å². The normalized spacial score (nSPS) is 11.4. The third-order valence-electron chi connectivity index (χ3n) is 2.89. The number of nitrogens with zero attached hydrogens (tertiary/aromatic N) is 1. The largest absolute Gasteiger partial charge is 0.390 e. The molecule has 2 rings (SSSR count). The standard InChI is InChI=1S/C15H16ClN3O/c1-10(11-3-5-13(16)6-4-11)15(19-17-2)12-7-14(9-20)18-8-12/h3-8,17-18,20H,1,9H2,2H3/b19-15+. The maximum atomic E-state index is 9.12. The van der Waals surface area contributed by atoms with E-state index in [1.807, 2.05) is 30.3 Å². The highest BCUT2D eigenvalue weighted by Crippen LogP contribution is 2.21. The molecule has 0 aliphatic rings. The fourth-order valence-electron chi connectivity index (χ4n) is 1.88. The van der Waals surface area contributed by atoms with E-state index >= 15 is 0 Å². The van der Waals surface area contributed by atoms with Gasteiger partial charge in [-0.15, -0.1) is 0 Å². The first kappa shape index (κ1) is 14.4. The average Bonchev–Trinajstić information content (AvgIpc) is 2.93. The summed E-state index contributed by atoms with van der Waals surface area (Å²) in [6.07, 6.45) is 1.79. The van der Waals surface area contributed by atoms with Crippen LogP contribution in [-0.4, -0.2) is 22.8 Å². The van der Waals surface area contributed by atoms with Gasteiger partial charge in [-0.05, 0) is 23.8 Å². The first-order valence-corrected chi connectivity index (χ1v) is 6.51. The lowest BCUT2D eigenvalue weighted by atomic mass is 9.99. The fraction of sp³-hybridized carbons (Fsp3) is 0.133. The number of allylic oxidation sites excluding steroid dienone is 1. The van der Waals surface area contributed by atoms with Crippen molar-refractivity contribution in [1.82, 2.24) is 10.4 Å². The van der Waals surface area contributed by atoms with Crippen molar-refractivity contribution in [2.24, 2.45) is 5.10 Å². The Hall–Kier alpha value is -2.04. The number of aliphatic hydroxyl groups excluding tert-OH is 1. The first-order valence-electron chi connectivity index (χ1n) is 6.14. The van der Waals surface area contributed by atoms with Crippen LogP contribution >= 0.6 is 11.6 Å². The van der Waals surface area contributed by atoms with Gasteiger partial charge in [0.05, 0.1) is 12.3 Å². The predicted octanol–water partition coefficient (Wildman–Crippen LogP) is 2.80. The molecule has 3 N–H and O–H groups in total. The highest BCUT2D eigenvalue weighted by Gasteiger charge is 2.12. The zero-order valence-corrected chi connectivity index (χ0v) is 11.9. The molecular weight excluding hydrogens is 274 g/mol. The molecule has 0 aliphatic heterocycles. The summed E-state index contributed by atoms with van der Waals surface area (Å²) < 4.78 is 0.